The molecule has 2 N–H and O–H groups in total. The number of amides is 2. The molecule has 0 spiro atoms. The van der Waals surface area contributed by atoms with Crippen LogP contribution >= 0.6 is 11.8 Å². The number of hydrogen-bond acceptors (Lipinski definition) is 7. The molecule has 9 heteroatoms. The predicted molar refractivity (Wildman–Crippen MR) is 129 cm³/mol. The minimum atomic E-state index is -0.685. The molecule has 1 heterocycles. The maximum absolute atomic E-state index is 12.8. The number of benzene rings is 3. The molecular formula is C26H18N2O6S. The summed E-state index contributed by atoms with van der Waals surface area (Å²) in [4.78, 5) is 63.2. The van der Waals surface area contributed by atoms with Gasteiger partial charge in [-0.05, 0) is 30.3 Å². The lowest BCUT2D eigenvalue weighted by Crippen LogP contribution is -2.32. The third kappa shape index (κ3) is 4.45. The number of nitrogens with one attached hydrogen (secondary N) is 2. The van der Waals surface area contributed by atoms with E-state index in [2.05, 4.69) is 10.6 Å². The number of ketones is 2. The van der Waals surface area contributed by atoms with Gasteiger partial charge in [-0.3, -0.25) is 24.0 Å². The van der Waals surface area contributed by atoms with Crippen molar-refractivity contribution in [2.75, 3.05) is 17.2 Å². The van der Waals surface area contributed by atoms with Gasteiger partial charge >= 0.3 is 5.97 Å². The van der Waals surface area contributed by atoms with Crippen LogP contribution in [0, 0.1) is 0 Å². The third-order valence-electron chi connectivity index (χ3n) is 5.63. The SMILES string of the molecule is O=C(COC(=O)CC1Sc2ccccc2NC1=O)Nc1ccc2c(c1)C(=O)c1ccccc1C2=O. The molecule has 0 bridgehead atoms. The number of para-hydroxylation sites is 1. The molecule has 35 heavy (non-hydrogen) atoms. The summed E-state index contributed by atoms with van der Waals surface area (Å²) in [6.07, 6.45) is -0.188. The Morgan fingerprint density at radius 3 is 2.29 bits per heavy atom. The molecule has 1 atom stereocenters. The Balaban J connectivity index is 1.18. The summed E-state index contributed by atoms with van der Waals surface area (Å²) >= 11 is 1.27. The van der Waals surface area contributed by atoms with Gasteiger partial charge < -0.3 is 15.4 Å². The van der Waals surface area contributed by atoms with Crippen LogP contribution in [0.15, 0.2) is 71.6 Å². The zero-order chi connectivity index (χ0) is 24.5. The van der Waals surface area contributed by atoms with Crippen LogP contribution in [0.3, 0.4) is 0 Å². The van der Waals surface area contributed by atoms with Crippen LogP contribution in [0.4, 0.5) is 11.4 Å². The summed E-state index contributed by atoms with van der Waals surface area (Å²) in [6.45, 7) is -0.554. The summed E-state index contributed by atoms with van der Waals surface area (Å²) in [5.74, 6) is -2.16. The molecule has 174 valence electrons. The first-order valence-corrected chi connectivity index (χ1v) is 11.6. The van der Waals surface area contributed by atoms with Crippen molar-refractivity contribution < 1.29 is 28.7 Å². The second-order valence-electron chi connectivity index (χ2n) is 7.97. The van der Waals surface area contributed by atoms with Crippen LogP contribution in [0.2, 0.25) is 0 Å². The van der Waals surface area contributed by atoms with Crippen LogP contribution in [0.5, 0.6) is 0 Å². The van der Waals surface area contributed by atoms with Crippen molar-refractivity contribution in [3.8, 4) is 0 Å². The molecule has 8 nitrogen and oxygen atoms in total. The van der Waals surface area contributed by atoms with E-state index >= 15 is 0 Å². The van der Waals surface area contributed by atoms with Crippen LogP contribution in [-0.4, -0.2) is 41.2 Å². The third-order valence-corrected chi connectivity index (χ3v) is 6.91. The number of carbonyl (C=O) groups is 5. The monoisotopic (exact) mass is 486 g/mol. The topological polar surface area (TPSA) is 119 Å². The van der Waals surface area contributed by atoms with Gasteiger partial charge in [-0.2, -0.15) is 0 Å². The van der Waals surface area contributed by atoms with E-state index in [1.807, 2.05) is 18.2 Å². The highest BCUT2D eigenvalue weighted by atomic mass is 32.2. The van der Waals surface area contributed by atoms with Crippen molar-refractivity contribution in [3.05, 3.63) is 89.0 Å². The van der Waals surface area contributed by atoms with E-state index in [0.717, 1.165) is 4.90 Å². The van der Waals surface area contributed by atoms with Crippen molar-refractivity contribution in [3.63, 3.8) is 0 Å². The molecule has 0 radical (unpaired) electrons. The molecule has 1 unspecified atom stereocenters. The zero-order valence-electron chi connectivity index (χ0n) is 18.2. The lowest BCUT2D eigenvalue weighted by Gasteiger charge is -2.23. The molecule has 3 aromatic carbocycles. The Morgan fingerprint density at radius 2 is 1.51 bits per heavy atom. The van der Waals surface area contributed by atoms with Gasteiger partial charge in [0.25, 0.3) is 5.91 Å². The molecule has 0 fully saturated rings. The molecule has 3 aromatic rings. The minimum absolute atomic E-state index is 0.188. The van der Waals surface area contributed by atoms with Gasteiger partial charge in [0.15, 0.2) is 18.2 Å². The number of fused-ring (bicyclic) bond motifs is 3. The Kier molecular flexibility index (Phi) is 5.92. The summed E-state index contributed by atoms with van der Waals surface area (Å²) in [7, 11) is 0. The summed E-state index contributed by atoms with van der Waals surface area (Å²) in [5, 5.41) is 4.66. The van der Waals surface area contributed by atoms with Crippen molar-refractivity contribution >= 4 is 52.5 Å². The average molecular weight is 487 g/mol. The quantitative estimate of drug-likeness (QED) is 0.415. The fourth-order valence-electron chi connectivity index (χ4n) is 3.96. The van der Waals surface area contributed by atoms with Crippen LogP contribution in [-0.2, 0) is 19.1 Å². The van der Waals surface area contributed by atoms with Crippen molar-refractivity contribution in [1.29, 1.82) is 0 Å². The van der Waals surface area contributed by atoms with Gasteiger partial charge in [0, 0.05) is 32.8 Å². The van der Waals surface area contributed by atoms with Gasteiger partial charge in [0.2, 0.25) is 5.91 Å². The van der Waals surface area contributed by atoms with E-state index in [9.17, 15) is 24.0 Å². The first-order chi connectivity index (χ1) is 16.9. The lowest BCUT2D eigenvalue weighted by molar-refractivity contribution is -0.147. The maximum atomic E-state index is 12.8. The van der Waals surface area contributed by atoms with Gasteiger partial charge in [0.05, 0.1) is 17.4 Å². The number of hydrogen-bond donors (Lipinski definition) is 2. The molecule has 2 amide bonds. The lowest BCUT2D eigenvalue weighted by atomic mass is 9.84. The second-order valence-corrected chi connectivity index (χ2v) is 9.21. The van der Waals surface area contributed by atoms with E-state index in [4.69, 9.17) is 4.74 Å². The molecule has 0 saturated carbocycles. The van der Waals surface area contributed by atoms with Gasteiger partial charge in [-0.25, -0.2) is 0 Å². The fraction of sp³-hybridized carbons (Fsp3) is 0.115. The first-order valence-electron chi connectivity index (χ1n) is 10.8. The number of esters is 1. The molecule has 1 aliphatic carbocycles. The predicted octanol–water partition coefficient (Wildman–Crippen LogP) is 3.45. The Morgan fingerprint density at radius 1 is 0.857 bits per heavy atom. The number of anilines is 2. The molecular weight excluding hydrogens is 468 g/mol. The maximum Gasteiger partial charge on any atom is 0.307 e. The Hall–Kier alpha value is -4.24. The normalized spacial score (nSPS) is 15.9. The van der Waals surface area contributed by atoms with Gasteiger partial charge in [-0.1, -0.05) is 36.4 Å². The number of thioether (sulfide) groups is 1. The largest absolute Gasteiger partial charge is 0.456 e. The highest BCUT2D eigenvalue weighted by Gasteiger charge is 2.31. The average Bonchev–Trinajstić information content (AvgIpc) is 2.86. The smallest absolute Gasteiger partial charge is 0.307 e. The molecule has 5 rings (SSSR count). The Bertz CT molecular complexity index is 1420. The van der Waals surface area contributed by atoms with Crippen molar-refractivity contribution in [1.82, 2.24) is 0 Å². The summed E-state index contributed by atoms with van der Waals surface area (Å²) in [6, 6.07) is 18.3. The van der Waals surface area contributed by atoms with Crippen molar-refractivity contribution in [2.45, 2.75) is 16.6 Å². The van der Waals surface area contributed by atoms with Crippen LogP contribution < -0.4 is 10.6 Å². The van der Waals surface area contributed by atoms with E-state index in [1.54, 1.807) is 30.3 Å². The first kappa shape index (κ1) is 22.5. The number of carbonyl (C=O) groups excluding carboxylic acids is 5. The van der Waals surface area contributed by atoms with Gasteiger partial charge in [-0.15, -0.1) is 11.8 Å². The number of ether oxygens (including phenoxy) is 1. The molecule has 2 aliphatic rings. The number of rotatable bonds is 5. The fourth-order valence-corrected chi connectivity index (χ4v) is 5.05. The molecule has 0 saturated heterocycles. The highest BCUT2D eigenvalue weighted by molar-refractivity contribution is 8.01. The minimum Gasteiger partial charge on any atom is -0.456 e. The van der Waals surface area contributed by atoms with Crippen molar-refractivity contribution in [2.24, 2.45) is 0 Å². The van der Waals surface area contributed by atoms with E-state index in [0.29, 0.717) is 22.5 Å². The van der Waals surface area contributed by atoms with E-state index in [1.165, 1.54) is 30.0 Å². The van der Waals surface area contributed by atoms with E-state index in [-0.39, 0.29) is 35.0 Å². The standard InChI is InChI=1S/C26H18N2O6S/c29-22(13-34-23(30)12-21-26(33)28-19-7-3-4-8-20(19)35-21)27-14-9-10-17-18(11-14)25(32)16-6-2-1-5-15(16)24(17)31/h1-11,21H,12-13H2,(H,27,29)(H,28,33). The van der Waals surface area contributed by atoms with Crippen LogP contribution in [0.25, 0.3) is 0 Å². The van der Waals surface area contributed by atoms with E-state index < -0.39 is 23.7 Å². The highest BCUT2D eigenvalue weighted by Crippen LogP contribution is 2.36. The summed E-state index contributed by atoms with van der Waals surface area (Å²) in [5.41, 5.74) is 2.12. The second kappa shape index (κ2) is 9.19. The Labute approximate surface area is 204 Å². The van der Waals surface area contributed by atoms with Gasteiger partial charge in [0.1, 0.15) is 0 Å². The zero-order valence-corrected chi connectivity index (χ0v) is 19.0. The molecule has 0 aromatic heterocycles. The summed E-state index contributed by atoms with van der Waals surface area (Å²) < 4.78 is 5.05. The van der Waals surface area contributed by atoms with Crippen LogP contribution in [0.1, 0.15) is 38.3 Å². The molecule has 1 aliphatic heterocycles.